The van der Waals surface area contributed by atoms with Gasteiger partial charge in [-0.1, -0.05) is 18.2 Å². The van der Waals surface area contributed by atoms with Crippen LogP contribution in [0.4, 0.5) is 15.8 Å². The summed E-state index contributed by atoms with van der Waals surface area (Å²) < 4.78 is 13.1. The molecule has 0 atom stereocenters. The summed E-state index contributed by atoms with van der Waals surface area (Å²) in [5.74, 6) is -0.677. The van der Waals surface area contributed by atoms with Crippen LogP contribution in [0.2, 0.25) is 0 Å². The zero-order valence-corrected chi connectivity index (χ0v) is 22.2. The van der Waals surface area contributed by atoms with E-state index in [1.54, 1.807) is 24.3 Å². The molecular weight excluding hydrogens is 489 g/mol. The summed E-state index contributed by atoms with van der Waals surface area (Å²) in [5.41, 5.74) is 2.98. The van der Waals surface area contributed by atoms with Crippen molar-refractivity contribution >= 4 is 34.5 Å². The van der Waals surface area contributed by atoms with Gasteiger partial charge in [-0.05, 0) is 67.9 Å². The van der Waals surface area contributed by atoms with Crippen LogP contribution in [-0.2, 0) is 6.42 Å². The van der Waals surface area contributed by atoms with E-state index in [0.29, 0.717) is 29.1 Å². The lowest BCUT2D eigenvalue weighted by atomic mass is 10.1. The standard InChI is InChI=1S/C28H34FN5O2S/c1-32(2)13-14-33-15-17-34(18-16-33)25-10-7-22(20-24(25)31-28(36)26-4-3-19-37-26)27(35)30-12-11-21-5-8-23(29)9-6-21/h3-10,19-20H,11-18H2,1-2H3,(H,30,35)(H,31,36). The maximum atomic E-state index is 13.1. The van der Waals surface area contributed by atoms with Gasteiger partial charge < -0.3 is 20.4 Å². The third-order valence-corrected chi connectivity index (χ3v) is 7.31. The molecule has 1 aromatic heterocycles. The second-order valence-electron chi connectivity index (χ2n) is 9.43. The molecule has 2 heterocycles. The van der Waals surface area contributed by atoms with Crippen LogP contribution in [0.1, 0.15) is 25.6 Å². The summed E-state index contributed by atoms with van der Waals surface area (Å²) in [5, 5.41) is 7.84. The fourth-order valence-corrected chi connectivity index (χ4v) is 4.89. The molecule has 196 valence electrons. The summed E-state index contributed by atoms with van der Waals surface area (Å²) >= 11 is 1.38. The highest BCUT2D eigenvalue weighted by molar-refractivity contribution is 7.12. The molecule has 0 radical (unpaired) electrons. The molecule has 1 saturated heterocycles. The first-order valence-corrected chi connectivity index (χ1v) is 13.4. The normalized spacial score (nSPS) is 14.1. The molecule has 37 heavy (non-hydrogen) atoms. The number of likely N-dealkylation sites (N-methyl/N-ethyl adjacent to an activating group) is 1. The zero-order chi connectivity index (χ0) is 26.2. The van der Waals surface area contributed by atoms with Crippen molar-refractivity contribution < 1.29 is 14.0 Å². The van der Waals surface area contributed by atoms with Gasteiger partial charge in [0.05, 0.1) is 16.3 Å². The van der Waals surface area contributed by atoms with Gasteiger partial charge in [-0.2, -0.15) is 0 Å². The van der Waals surface area contributed by atoms with Crippen molar-refractivity contribution in [3.8, 4) is 0 Å². The van der Waals surface area contributed by atoms with Crippen LogP contribution < -0.4 is 15.5 Å². The van der Waals surface area contributed by atoms with Gasteiger partial charge >= 0.3 is 0 Å². The Morgan fingerprint density at radius 1 is 1.00 bits per heavy atom. The highest BCUT2D eigenvalue weighted by atomic mass is 32.1. The average molecular weight is 524 g/mol. The summed E-state index contributed by atoms with van der Waals surface area (Å²) in [7, 11) is 4.17. The summed E-state index contributed by atoms with van der Waals surface area (Å²) in [6.07, 6.45) is 0.601. The van der Waals surface area contributed by atoms with Crippen LogP contribution >= 0.6 is 11.3 Å². The first-order valence-electron chi connectivity index (χ1n) is 12.5. The SMILES string of the molecule is CN(C)CCN1CCN(c2ccc(C(=O)NCCc3ccc(F)cc3)cc2NC(=O)c2cccs2)CC1. The molecule has 3 aromatic rings. The maximum absolute atomic E-state index is 13.1. The summed E-state index contributed by atoms with van der Waals surface area (Å²) in [4.78, 5) is 33.3. The largest absolute Gasteiger partial charge is 0.367 e. The molecular formula is C28H34FN5O2S. The minimum absolute atomic E-state index is 0.185. The fourth-order valence-electron chi connectivity index (χ4n) is 4.27. The minimum atomic E-state index is -0.278. The highest BCUT2D eigenvalue weighted by Gasteiger charge is 2.21. The van der Waals surface area contributed by atoms with Crippen LogP contribution in [0.15, 0.2) is 60.0 Å². The number of thiophene rings is 1. The lowest BCUT2D eigenvalue weighted by Crippen LogP contribution is -2.48. The van der Waals surface area contributed by atoms with E-state index in [0.717, 1.165) is 50.5 Å². The van der Waals surface area contributed by atoms with Crippen LogP contribution in [0, 0.1) is 5.82 Å². The Labute approximate surface area is 221 Å². The van der Waals surface area contributed by atoms with Crippen LogP contribution in [0.25, 0.3) is 0 Å². The van der Waals surface area contributed by atoms with E-state index in [-0.39, 0.29) is 17.6 Å². The van der Waals surface area contributed by atoms with Crippen molar-refractivity contribution in [1.29, 1.82) is 0 Å². The number of halogens is 1. The predicted octanol–water partition coefficient (Wildman–Crippen LogP) is 3.80. The Hall–Kier alpha value is -3.27. The molecule has 4 rings (SSSR count). The quantitative estimate of drug-likeness (QED) is 0.423. The maximum Gasteiger partial charge on any atom is 0.265 e. The molecule has 1 aliphatic rings. The van der Waals surface area contributed by atoms with Gasteiger partial charge in [0.2, 0.25) is 0 Å². The number of amides is 2. The third kappa shape index (κ3) is 7.61. The van der Waals surface area contributed by atoms with Crippen molar-refractivity contribution in [2.24, 2.45) is 0 Å². The van der Waals surface area contributed by atoms with E-state index in [1.807, 2.05) is 23.6 Å². The van der Waals surface area contributed by atoms with E-state index in [2.05, 4.69) is 39.4 Å². The Kier molecular flexibility index (Phi) is 9.27. The second-order valence-corrected chi connectivity index (χ2v) is 10.4. The number of nitrogens with zero attached hydrogens (tertiary/aromatic N) is 3. The number of hydrogen-bond acceptors (Lipinski definition) is 6. The molecule has 7 nitrogen and oxygen atoms in total. The van der Waals surface area contributed by atoms with Crippen molar-refractivity contribution in [2.45, 2.75) is 6.42 Å². The number of hydrogen-bond donors (Lipinski definition) is 2. The third-order valence-electron chi connectivity index (χ3n) is 6.44. The Morgan fingerprint density at radius 2 is 1.76 bits per heavy atom. The molecule has 2 aromatic carbocycles. The molecule has 0 saturated carbocycles. The van der Waals surface area contributed by atoms with Crippen LogP contribution in [0.3, 0.4) is 0 Å². The molecule has 0 bridgehead atoms. The zero-order valence-electron chi connectivity index (χ0n) is 21.4. The van der Waals surface area contributed by atoms with E-state index in [1.165, 1.54) is 23.5 Å². The first-order chi connectivity index (χ1) is 17.9. The highest BCUT2D eigenvalue weighted by Crippen LogP contribution is 2.29. The summed E-state index contributed by atoms with van der Waals surface area (Å²) in [6.45, 7) is 6.05. The van der Waals surface area contributed by atoms with Crippen molar-refractivity contribution in [3.05, 3.63) is 81.8 Å². The monoisotopic (exact) mass is 523 g/mol. The number of carbonyl (C=O) groups is 2. The number of nitrogens with one attached hydrogen (secondary N) is 2. The number of benzene rings is 2. The van der Waals surface area contributed by atoms with Gasteiger partial charge in [0.1, 0.15) is 5.82 Å². The smallest absolute Gasteiger partial charge is 0.265 e. The molecule has 2 N–H and O–H groups in total. The van der Waals surface area contributed by atoms with Crippen molar-refractivity contribution in [1.82, 2.24) is 15.1 Å². The number of piperazine rings is 1. The Balaban J connectivity index is 1.45. The molecule has 0 unspecified atom stereocenters. The molecule has 1 fully saturated rings. The number of anilines is 2. The van der Waals surface area contributed by atoms with Gasteiger partial charge in [0.25, 0.3) is 11.8 Å². The second kappa shape index (κ2) is 12.8. The predicted molar refractivity (Wildman–Crippen MR) is 148 cm³/mol. The van der Waals surface area contributed by atoms with E-state index >= 15 is 0 Å². The molecule has 0 spiro atoms. The summed E-state index contributed by atoms with van der Waals surface area (Å²) in [6, 6.07) is 15.4. The van der Waals surface area contributed by atoms with Crippen LogP contribution in [0.5, 0.6) is 0 Å². The molecule has 9 heteroatoms. The van der Waals surface area contributed by atoms with Gasteiger partial charge in [-0.15, -0.1) is 11.3 Å². The van der Waals surface area contributed by atoms with E-state index in [9.17, 15) is 14.0 Å². The number of carbonyl (C=O) groups excluding carboxylic acids is 2. The minimum Gasteiger partial charge on any atom is -0.367 e. The molecule has 0 aliphatic carbocycles. The molecule has 1 aliphatic heterocycles. The fraction of sp³-hybridized carbons (Fsp3) is 0.357. The van der Waals surface area contributed by atoms with Gasteiger partial charge in [0.15, 0.2) is 0 Å². The van der Waals surface area contributed by atoms with E-state index < -0.39 is 0 Å². The lowest BCUT2D eigenvalue weighted by molar-refractivity contribution is 0.0952. The van der Waals surface area contributed by atoms with Gasteiger partial charge in [0, 0.05) is 51.4 Å². The van der Waals surface area contributed by atoms with Crippen LogP contribution in [-0.4, -0.2) is 81.5 Å². The topological polar surface area (TPSA) is 67.9 Å². The van der Waals surface area contributed by atoms with E-state index in [4.69, 9.17) is 0 Å². The first kappa shape index (κ1) is 26.8. The average Bonchev–Trinajstić information content (AvgIpc) is 3.44. The number of rotatable bonds is 10. The van der Waals surface area contributed by atoms with Crippen molar-refractivity contribution in [2.75, 3.05) is 70.1 Å². The van der Waals surface area contributed by atoms with Gasteiger partial charge in [-0.3, -0.25) is 14.5 Å². The van der Waals surface area contributed by atoms with Gasteiger partial charge in [-0.25, -0.2) is 4.39 Å². The molecule has 2 amide bonds. The van der Waals surface area contributed by atoms with Crippen molar-refractivity contribution in [3.63, 3.8) is 0 Å². The Morgan fingerprint density at radius 3 is 2.43 bits per heavy atom. The Bertz CT molecular complexity index is 1180. The lowest BCUT2D eigenvalue weighted by Gasteiger charge is -2.37.